The molecule has 10 nitrogen and oxygen atoms in total. The van der Waals surface area contributed by atoms with Crippen molar-refractivity contribution in [1.82, 2.24) is 29.7 Å². The van der Waals surface area contributed by atoms with Gasteiger partial charge in [0.05, 0.1) is 17.4 Å². The Morgan fingerprint density at radius 3 is 2.84 bits per heavy atom. The quantitative estimate of drug-likeness (QED) is 0.444. The van der Waals surface area contributed by atoms with Crippen LogP contribution in [0.4, 0.5) is 10.2 Å². The molecule has 31 heavy (non-hydrogen) atoms. The number of hydrogen-bond acceptors (Lipinski definition) is 8. The highest BCUT2D eigenvalue weighted by atomic mass is 35.5. The maximum atomic E-state index is 13.0. The van der Waals surface area contributed by atoms with E-state index >= 15 is 0 Å². The van der Waals surface area contributed by atoms with Crippen molar-refractivity contribution >= 4 is 34.4 Å². The lowest BCUT2D eigenvalue weighted by molar-refractivity contribution is -0.123. The number of anilines is 1. The van der Waals surface area contributed by atoms with Gasteiger partial charge in [-0.2, -0.15) is 9.78 Å². The Hall–Kier alpha value is -3.70. The predicted molar refractivity (Wildman–Crippen MR) is 108 cm³/mol. The topological polar surface area (TPSA) is 128 Å². The van der Waals surface area contributed by atoms with E-state index in [1.807, 2.05) is 0 Å². The number of pyridine rings is 2. The second kappa shape index (κ2) is 8.98. The minimum Gasteiger partial charge on any atom is -0.464 e. The Bertz CT molecular complexity index is 1220. The van der Waals surface area contributed by atoms with Crippen molar-refractivity contribution < 1.29 is 19.0 Å². The third-order valence-corrected chi connectivity index (χ3v) is 4.48. The van der Waals surface area contributed by atoms with E-state index in [0.29, 0.717) is 21.9 Å². The average Bonchev–Trinajstić information content (AvgIpc) is 3.20. The van der Waals surface area contributed by atoms with Gasteiger partial charge in [0.1, 0.15) is 23.3 Å². The van der Waals surface area contributed by atoms with Crippen molar-refractivity contribution in [1.29, 1.82) is 0 Å². The first-order valence-electron chi connectivity index (χ1n) is 9.06. The number of carbonyl (C=O) groups excluding carboxylic acids is 1. The van der Waals surface area contributed by atoms with Gasteiger partial charge in [0, 0.05) is 19.2 Å². The first kappa shape index (κ1) is 20.6. The molecule has 12 heteroatoms. The minimum atomic E-state index is -1.10. The molecule has 1 atom stereocenters. The van der Waals surface area contributed by atoms with Gasteiger partial charge < -0.3 is 15.2 Å². The molecule has 0 saturated heterocycles. The van der Waals surface area contributed by atoms with Gasteiger partial charge in [-0.1, -0.05) is 11.6 Å². The number of carbonyl (C=O) groups is 1. The normalized spacial score (nSPS) is 12.0. The standard InChI is InChI=1S/C19H15ClFN7O3/c20-13-2-1-6-22-17(13)28-16-12(9-26-28)19(25-10-24-16)31-14(5-7-29)18(30)27-15-4-3-11(21)8-23-15/h1-4,6,8-10,14,29H,5,7H2,(H,23,27,30). The summed E-state index contributed by atoms with van der Waals surface area (Å²) < 4.78 is 20.2. The van der Waals surface area contributed by atoms with Crippen molar-refractivity contribution in [2.75, 3.05) is 11.9 Å². The van der Waals surface area contributed by atoms with Crippen LogP contribution in [0, 0.1) is 5.82 Å². The predicted octanol–water partition coefficient (Wildman–Crippen LogP) is 2.17. The largest absolute Gasteiger partial charge is 0.464 e. The van der Waals surface area contributed by atoms with Crippen LogP contribution in [0.1, 0.15) is 6.42 Å². The summed E-state index contributed by atoms with van der Waals surface area (Å²) in [5, 5.41) is 16.9. The highest BCUT2D eigenvalue weighted by Gasteiger charge is 2.24. The number of aliphatic hydroxyl groups is 1. The first-order chi connectivity index (χ1) is 15.1. The van der Waals surface area contributed by atoms with E-state index in [2.05, 4.69) is 30.4 Å². The zero-order valence-corrected chi connectivity index (χ0v) is 16.6. The molecule has 0 aliphatic carbocycles. The molecule has 0 saturated carbocycles. The lowest BCUT2D eigenvalue weighted by Crippen LogP contribution is -2.34. The Morgan fingerprint density at radius 2 is 2.10 bits per heavy atom. The molecule has 4 heterocycles. The van der Waals surface area contributed by atoms with Crippen LogP contribution in [0.25, 0.3) is 16.9 Å². The van der Waals surface area contributed by atoms with Gasteiger partial charge in [-0.3, -0.25) is 4.79 Å². The summed E-state index contributed by atoms with van der Waals surface area (Å²) in [5.74, 6) is -0.516. The Kier molecular flexibility index (Phi) is 5.96. The van der Waals surface area contributed by atoms with E-state index in [1.54, 1.807) is 18.3 Å². The first-order valence-corrected chi connectivity index (χ1v) is 9.44. The fraction of sp³-hybridized carbons (Fsp3) is 0.158. The zero-order valence-electron chi connectivity index (χ0n) is 15.8. The molecule has 0 aliphatic rings. The third kappa shape index (κ3) is 4.42. The molecule has 0 aliphatic heterocycles. The van der Waals surface area contributed by atoms with Gasteiger partial charge >= 0.3 is 0 Å². The Labute approximate surface area is 179 Å². The second-order valence-electron chi connectivity index (χ2n) is 6.25. The van der Waals surface area contributed by atoms with Gasteiger partial charge in [0.25, 0.3) is 5.91 Å². The Balaban J connectivity index is 1.62. The van der Waals surface area contributed by atoms with Gasteiger partial charge in [-0.15, -0.1) is 0 Å². The molecule has 2 N–H and O–H groups in total. The summed E-state index contributed by atoms with van der Waals surface area (Å²) in [6, 6.07) is 5.83. The molecule has 0 spiro atoms. The van der Waals surface area contributed by atoms with Crippen molar-refractivity contribution in [2.24, 2.45) is 0 Å². The van der Waals surface area contributed by atoms with E-state index in [4.69, 9.17) is 16.3 Å². The van der Waals surface area contributed by atoms with E-state index < -0.39 is 17.8 Å². The number of nitrogens with zero attached hydrogens (tertiary/aromatic N) is 6. The van der Waals surface area contributed by atoms with Gasteiger partial charge in [0.2, 0.25) is 5.88 Å². The number of halogens is 2. The number of amides is 1. The molecule has 4 aromatic heterocycles. The SMILES string of the molecule is O=C(Nc1ccc(F)cn1)C(CCO)Oc1ncnc2c1cnn2-c1ncccc1Cl. The van der Waals surface area contributed by atoms with Crippen LogP contribution in [-0.4, -0.2) is 53.4 Å². The van der Waals surface area contributed by atoms with Crippen LogP contribution in [0.5, 0.6) is 5.88 Å². The smallest absolute Gasteiger partial charge is 0.266 e. The maximum Gasteiger partial charge on any atom is 0.266 e. The number of ether oxygens (including phenoxy) is 1. The van der Waals surface area contributed by atoms with Crippen molar-refractivity contribution in [3.63, 3.8) is 0 Å². The molecule has 4 rings (SSSR count). The van der Waals surface area contributed by atoms with Crippen LogP contribution in [0.15, 0.2) is 49.2 Å². The van der Waals surface area contributed by atoms with Gasteiger partial charge in [0.15, 0.2) is 17.6 Å². The molecule has 0 bridgehead atoms. The zero-order chi connectivity index (χ0) is 21.8. The monoisotopic (exact) mass is 443 g/mol. The van der Waals surface area contributed by atoms with E-state index in [-0.39, 0.29) is 24.7 Å². The lowest BCUT2D eigenvalue weighted by atomic mass is 10.2. The van der Waals surface area contributed by atoms with Crippen LogP contribution < -0.4 is 10.1 Å². The number of fused-ring (bicyclic) bond motifs is 1. The van der Waals surface area contributed by atoms with Crippen LogP contribution in [0.3, 0.4) is 0 Å². The fourth-order valence-electron chi connectivity index (χ4n) is 2.76. The number of aromatic nitrogens is 6. The van der Waals surface area contributed by atoms with Gasteiger partial charge in [-0.05, 0) is 24.3 Å². The summed E-state index contributed by atoms with van der Waals surface area (Å²) in [5.41, 5.74) is 0.369. The highest BCUT2D eigenvalue weighted by Crippen LogP contribution is 2.26. The molecule has 0 radical (unpaired) electrons. The summed E-state index contributed by atoms with van der Waals surface area (Å²) in [6.07, 6.45) is 4.14. The Morgan fingerprint density at radius 1 is 1.23 bits per heavy atom. The molecular formula is C19H15ClFN7O3. The number of aliphatic hydroxyl groups excluding tert-OH is 1. The highest BCUT2D eigenvalue weighted by molar-refractivity contribution is 6.32. The van der Waals surface area contributed by atoms with Crippen LogP contribution >= 0.6 is 11.6 Å². The van der Waals surface area contributed by atoms with Gasteiger partial charge in [-0.25, -0.2) is 24.3 Å². The molecule has 4 aromatic rings. The van der Waals surface area contributed by atoms with Crippen molar-refractivity contribution in [3.8, 4) is 11.7 Å². The van der Waals surface area contributed by atoms with Crippen molar-refractivity contribution in [2.45, 2.75) is 12.5 Å². The fourth-order valence-corrected chi connectivity index (χ4v) is 2.96. The van der Waals surface area contributed by atoms with Crippen molar-refractivity contribution in [3.05, 3.63) is 60.0 Å². The minimum absolute atomic E-state index is 0.0151. The molecule has 1 amide bonds. The second-order valence-corrected chi connectivity index (χ2v) is 6.66. The molecule has 1 unspecified atom stereocenters. The number of rotatable bonds is 7. The summed E-state index contributed by atoms with van der Waals surface area (Å²) >= 11 is 6.20. The molecular weight excluding hydrogens is 429 g/mol. The van der Waals surface area contributed by atoms with Crippen LogP contribution in [0.2, 0.25) is 5.02 Å². The van der Waals surface area contributed by atoms with E-state index in [9.17, 15) is 14.3 Å². The summed E-state index contributed by atoms with van der Waals surface area (Å²) in [7, 11) is 0. The maximum absolute atomic E-state index is 13.0. The van der Waals surface area contributed by atoms with E-state index in [0.717, 1.165) is 12.3 Å². The average molecular weight is 444 g/mol. The van der Waals surface area contributed by atoms with Crippen LogP contribution in [-0.2, 0) is 4.79 Å². The molecule has 0 aromatic carbocycles. The summed E-state index contributed by atoms with van der Waals surface area (Å²) in [4.78, 5) is 28.9. The molecule has 0 fully saturated rings. The summed E-state index contributed by atoms with van der Waals surface area (Å²) in [6.45, 7) is -0.314. The van der Waals surface area contributed by atoms with E-state index in [1.165, 1.54) is 23.3 Å². The molecule has 158 valence electrons. The third-order valence-electron chi connectivity index (χ3n) is 4.19. The number of hydrogen-bond donors (Lipinski definition) is 2. The lowest BCUT2D eigenvalue weighted by Gasteiger charge is -2.17. The number of nitrogens with one attached hydrogen (secondary N) is 1.